The van der Waals surface area contributed by atoms with Gasteiger partial charge in [-0.2, -0.15) is 5.10 Å². The summed E-state index contributed by atoms with van der Waals surface area (Å²) in [6.07, 6.45) is 0. The van der Waals surface area contributed by atoms with E-state index in [4.69, 9.17) is 4.74 Å². The van der Waals surface area contributed by atoms with Crippen LogP contribution >= 0.6 is 0 Å². The molecule has 0 aliphatic heterocycles. The van der Waals surface area contributed by atoms with Crippen LogP contribution in [0.25, 0.3) is 0 Å². The summed E-state index contributed by atoms with van der Waals surface area (Å²) in [4.78, 5) is 24.0. The summed E-state index contributed by atoms with van der Waals surface area (Å²) in [6, 6.07) is 3.94. The lowest BCUT2D eigenvalue weighted by Gasteiger charge is -2.15. The van der Waals surface area contributed by atoms with Crippen molar-refractivity contribution in [1.82, 2.24) is 15.1 Å². The predicted molar refractivity (Wildman–Crippen MR) is 88.1 cm³/mol. The van der Waals surface area contributed by atoms with E-state index >= 15 is 0 Å². The molecule has 1 unspecified atom stereocenters. The third kappa shape index (κ3) is 3.96. The third-order valence-corrected chi connectivity index (χ3v) is 3.75. The number of aliphatic carboxylic acids is 1. The van der Waals surface area contributed by atoms with Crippen molar-refractivity contribution < 1.29 is 23.8 Å². The van der Waals surface area contributed by atoms with Crippen LogP contribution in [0.1, 0.15) is 47.6 Å². The highest BCUT2D eigenvalue weighted by Gasteiger charge is 2.25. The minimum absolute atomic E-state index is 0.00701. The molecular formula is C17H20FN3O4. The van der Waals surface area contributed by atoms with E-state index in [1.165, 1.54) is 23.9 Å². The van der Waals surface area contributed by atoms with Gasteiger partial charge >= 0.3 is 5.97 Å². The Morgan fingerprint density at radius 1 is 1.32 bits per heavy atom. The van der Waals surface area contributed by atoms with Crippen LogP contribution in [0.15, 0.2) is 24.3 Å². The van der Waals surface area contributed by atoms with E-state index in [0.717, 1.165) is 11.8 Å². The average molecular weight is 349 g/mol. The fourth-order valence-corrected chi connectivity index (χ4v) is 2.34. The topological polar surface area (TPSA) is 93.5 Å². The van der Waals surface area contributed by atoms with E-state index in [0.29, 0.717) is 0 Å². The van der Waals surface area contributed by atoms with E-state index in [9.17, 15) is 19.1 Å². The number of hydrogen-bond acceptors (Lipinski definition) is 4. The van der Waals surface area contributed by atoms with Crippen molar-refractivity contribution in [2.45, 2.75) is 25.8 Å². The molecule has 0 fully saturated rings. The summed E-state index contributed by atoms with van der Waals surface area (Å²) >= 11 is 0. The summed E-state index contributed by atoms with van der Waals surface area (Å²) < 4.78 is 20.0. The minimum Gasteiger partial charge on any atom is -0.494 e. The number of benzene rings is 1. The summed E-state index contributed by atoms with van der Waals surface area (Å²) in [5.41, 5.74) is 1.05. The second-order valence-electron chi connectivity index (χ2n) is 5.87. The molecule has 2 aromatic rings. The quantitative estimate of drug-likeness (QED) is 0.834. The highest BCUT2D eigenvalue weighted by atomic mass is 19.1. The zero-order valence-corrected chi connectivity index (χ0v) is 14.4. The number of halogens is 1. The molecule has 0 spiro atoms. The Morgan fingerprint density at radius 2 is 2.00 bits per heavy atom. The number of nitrogens with zero attached hydrogens (tertiary/aromatic N) is 2. The number of methoxy groups -OCH3 is 1. The Kier molecular flexibility index (Phi) is 5.41. The lowest BCUT2D eigenvalue weighted by molar-refractivity contribution is -0.139. The van der Waals surface area contributed by atoms with Gasteiger partial charge in [0.25, 0.3) is 5.91 Å². The molecular weight excluding hydrogens is 329 g/mol. The molecule has 0 aliphatic rings. The van der Waals surface area contributed by atoms with Crippen molar-refractivity contribution in [2.24, 2.45) is 7.05 Å². The van der Waals surface area contributed by atoms with Gasteiger partial charge in [0.05, 0.1) is 12.8 Å². The maximum atomic E-state index is 13.8. The SMILES string of the molecule is COc1ccc(C(NC(=O)c2cc(C(C)C)nn2C)C(=O)O)cc1F. The molecule has 0 bridgehead atoms. The molecule has 134 valence electrons. The highest BCUT2D eigenvalue weighted by molar-refractivity contribution is 5.95. The van der Waals surface area contributed by atoms with E-state index in [1.807, 2.05) is 13.8 Å². The van der Waals surface area contributed by atoms with E-state index in [1.54, 1.807) is 13.1 Å². The van der Waals surface area contributed by atoms with Gasteiger partial charge in [-0.05, 0) is 29.7 Å². The number of carbonyl (C=O) groups is 2. The largest absolute Gasteiger partial charge is 0.494 e. The van der Waals surface area contributed by atoms with Gasteiger partial charge in [-0.3, -0.25) is 9.48 Å². The number of carboxylic acid groups (broad SMARTS) is 1. The third-order valence-electron chi connectivity index (χ3n) is 3.75. The molecule has 0 radical (unpaired) electrons. The fourth-order valence-electron chi connectivity index (χ4n) is 2.34. The first-order valence-corrected chi connectivity index (χ1v) is 7.65. The zero-order chi connectivity index (χ0) is 18.7. The molecule has 0 saturated heterocycles. The first kappa shape index (κ1) is 18.4. The molecule has 2 N–H and O–H groups in total. The van der Waals surface area contributed by atoms with Crippen LogP contribution in [0.4, 0.5) is 4.39 Å². The van der Waals surface area contributed by atoms with Crippen molar-refractivity contribution in [3.63, 3.8) is 0 Å². The van der Waals surface area contributed by atoms with Crippen LogP contribution in [-0.4, -0.2) is 33.9 Å². The monoisotopic (exact) mass is 349 g/mol. The van der Waals surface area contributed by atoms with Crippen LogP contribution in [0, 0.1) is 5.82 Å². The smallest absolute Gasteiger partial charge is 0.330 e. The molecule has 8 heteroatoms. The Morgan fingerprint density at radius 3 is 2.48 bits per heavy atom. The van der Waals surface area contributed by atoms with Crippen LogP contribution in [0.3, 0.4) is 0 Å². The normalized spacial score (nSPS) is 12.1. The van der Waals surface area contributed by atoms with Gasteiger partial charge in [0.15, 0.2) is 17.6 Å². The van der Waals surface area contributed by atoms with Crippen LogP contribution < -0.4 is 10.1 Å². The second-order valence-corrected chi connectivity index (χ2v) is 5.87. The number of nitrogens with one attached hydrogen (secondary N) is 1. The van der Waals surface area contributed by atoms with Gasteiger partial charge in [-0.1, -0.05) is 19.9 Å². The highest BCUT2D eigenvalue weighted by Crippen LogP contribution is 2.23. The molecule has 1 atom stereocenters. The molecule has 1 aromatic heterocycles. The zero-order valence-electron chi connectivity index (χ0n) is 14.4. The Bertz CT molecular complexity index is 801. The Balaban J connectivity index is 2.29. The lowest BCUT2D eigenvalue weighted by atomic mass is 10.1. The maximum Gasteiger partial charge on any atom is 0.330 e. The number of carbonyl (C=O) groups excluding carboxylic acids is 1. The molecule has 2 rings (SSSR count). The van der Waals surface area contributed by atoms with Crippen molar-refractivity contribution in [3.05, 3.63) is 47.0 Å². The van der Waals surface area contributed by atoms with E-state index in [2.05, 4.69) is 10.4 Å². The average Bonchev–Trinajstić information content (AvgIpc) is 2.94. The standard InChI is InChI=1S/C17H20FN3O4/c1-9(2)12-8-13(21(3)20-12)16(22)19-15(17(23)24)10-5-6-14(25-4)11(18)7-10/h5-9,15H,1-4H3,(H,19,22)(H,23,24). The van der Waals surface area contributed by atoms with E-state index in [-0.39, 0.29) is 22.9 Å². The fraction of sp³-hybridized carbons (Fsp3) is 0.353. The van der Waals surface area contributed by atoms with Crippen molar-refractivity contribution >= 4 is 11.9 Å². The summed E-state index contributed by atoms with van der Waals surface area (Å²) in [5.74, 6) is -2.50. The van der Waals surface area contributed by atoms with Crippen LogP contribution in [-0.2, 0) is 11.8 Å². The Labute approximate surface area is 144 Å². The summed E-state index contributed by atoms with van der Waals surface area (Å²) in [5, 5.41) is 16.0. The van der Waals surface area contributed by atoms with Gasteiger partial charge in [0.1, 0.15) is 5.69 Å². The maximum absolute atomic E-state index is 13.8. The lowest BCUT2D eigenvalue weighted by Crippen LogP contribution is -2.34. The molecule has 7 nitrogen and oxygen atoms in total. The molecule has 25 heavy (non-hydrogen) atoms. The first-order valence-electron chi connectivity index (χ1n) is 7.65. The van der Waals surface area contributed by atoms with Gasteiger partial charge in [-0.15, -0.1) is 0 Å². The summed E-state index contributed by atoms with van der Waals surface area (Å²) in [6.45, 7) is 3.87. The number of hydrogen-bond donors (Lipinski definition) is 2. The minimum atomic E-state index is -1.40. The second kappa shape index (κ2) is 7.33. The number of aromatic nitrogens is 2. The first-order chi connectivity index (χ1) is 11.7. The number of amides is 1. The molecule has 0 saturated carbocycles. The molecule has 0 aliphatic carbocycles. The number of carboxylic acids is 1. The number of ether oxygens (including phenoxy) is 1. The van der Waals surface area contributed by atoms with Crippen molar-refractivity contribution in [3.8, 4) is 5.75 Å². The van der Waals surface area contributed by atoms with Crippen molar-refractivity contribution in [1.29, 1.82) is 0 Å². The van der Waals surface area contributed by atoms with Crippen LogP contribution in [0.5, 0.6) is 5.75 Å². The molecule has 1 aromatic carbocycles. The van der Waals surface area contributed by atoms with Gasteiger partial charge in [-0.25, -0.2) is 9.18 Å². The Hall–Kier alpha value is -2.90. The predicted octanol–water partition coefficient (Wildman–Crippen LogP) is 2.25. The van der Waals surface area contributed by atoms with Crippen molar-refractivity contribution in [2.75, 3.05) is 7.11 Å². The molecule has 1 amide bonds. The number of aryl methyl sites for hydroxylation is 1. The van der Waals surface area contributed by atoms with E-state index < -0.39 is 23.7 Å². The number of rotatable bonds is 6. The van der Waals surface area contributed by atoms with Crippen LogP contribution in [0.2, 0.25) is 0 Å². The van der Waals surface area contributed by atoms with Gasteiger partial charge in [0, 0.05) is 7.05 Å². The van der Waals surface area contributed by atoms with Gasteiger partial charge in [0.2, 0.25) is 0 Å². The summed E-state index contributed by atoms with van der Waals surface area (Å²) in [7, 11) is 2.91. The molecule has 1 heterocycles. The van der Waals surface area contributed by atoms with Gasteiger partial charge < -0.3 is 15.2 Å².